The lowest BCUT2D eigenvalue weighted by molar-refractivity contribution is -0.137. The maximum Gasteiger partial charge on any atom is 0.416 e. The molecule has 194 valence electrons. The minimum atomic E-state index is -4.71. The van der Waals surface area contributed by atoms with Crippen molar-refractivity contribution in [3.05, 3.63) is 89.0 Å². The van der Waals surface area contributed by atoms with Gasteiger partial charge in [0.05, 0.1) is 28.3 Å². The van der Waals surface area contributed by atoms with E-state index < -0.39 is 38.5 Å². The number of nitrogens with zero attached hydrogens (tertiary/aromatic N) is 1. The number of carbonyl (C=O) groups is 2. The third-order valence-electron chi connectivity index (χ3n) is 5.69. The molecule has 3 aromatic carbocycles. The molecule has 4 rings (SSSR count). The van der Waals surface area contributed by atoms with Crippen molar-refractivity contribution in [1.29, 1.82) is 0 Å². The summed E-state index contributed by atoms with van der Waals surface area (Å²) < 4.78 is 72.4. The van der Waals surface area contributed by atoms with Gasteiger partial charge in [0.15, 0.2) is 0 Å². The zero-order chi connectivity index (χ0) is 26.8. The van der Waals surface area contributed by atoms with Gasteiger partial charge in [-0.05, 0) is 60.5 Å². The lowest BCUT2D eigenvalue weighted by atomic mass is 10.1. The van der Waals surface area contributed by atoms with Crippen molar-refractivity contribution in [3.63, 3.8) is 0 Å². The Morgan fingerprint density at radius 2 is 1.70 bits per heavy atom. The van der Waals surface area contributed by atoms with Gasteiger partial charge < -0.3 is 15.2 Å². The van der Waals surface area contributed by atoms with E-state index in [9.17, 15) is 31.2 Å². The molecule has 1 amide bonds. The molecule has 0 unspecified atom stereocenters. The predicted octanol–water partition coefficient (Wildman–Crippen LogP) is 3.96. The number of carboxylic acid groups (broad SMARTS) is 1. The molecule has 0 atom stereocenters. The van der Waals surface area contributed by atoms with E-state index in [2.05, 4.69) is 5.32 Å². The number of halogens is 3. The molecule has 12 heteroatoms. The second-order valence-corrected chi connectivity index (χ2v) is 10.0. The van der Waals surface area contributed by atoms with Gasteiger partial charge in [0.2, 0.25) is 0 Å². The highest BCUT2D eigenvalue weighted by Gasteiger charge is 2.35. The van der Waals surface area contributed by atoms with E-state index in [1.54, 1.807) is 12.1 Å². The number of nitrogens with one attached hydrogen (secondary N) is 1. The van der Waals surface area contributed by atoms with Gasteiger partial charge in [-0.15, -0.1) is 0 Å². The van der Waals surface area contributed by atoms with Crippen molar-refractivity contribution in [1.82, 2.24) is 5.32 Å². The average molecular weight is 535 g/mol. The molecule has 1 aliphatic heterocycles. The Labute approximate surface area is 210 Å². The lowest BCUT2D eigenvalue weighted by Gasteiger charge is -2.31. The molecule has 0 fully saturated rings. The highest BCUT2D eigenvalue weighted by atomic mass is 32.2. The minimum Gasteiger partial charge on any atom is -0.489 e. The molecule has 0 spiro atoms. The molecule has 1 heterocycles. The number of fused-ring (bicyclic) bond motifs is 1. The Bertz CT molecular complexity index is 1440. The van der Waals surface area contributed by atoms with Crippen LogP contribution in [-0.2, 0) is 22.6 Å². The van der Waals surface area contributed by atoms with Crippen LogP contribution in [0.15, 0.2) is 71.6 Å². The zero-order valence-corrected chi connectivity index (χ0v) is 20.0. The van der Waals surface area contributed by atoms with Crippen LogP contribution < -0.4 is 14.4 Å². The van der Waals surface area contributed by atoms with Crippen molar-refractivity contribution in [2.75, 3.05) is 24.0 Å². The maximum absolute atomic E-state index is 13.3. The summed E-state index contributed by atoms with van der Waals surface area (Å²) in [5.41, 5.74) is 0.0410. The fraction of sp³-hybridized carbons (Fsp3) is 0.200. The molecule has 0 radical (unpaired) electrons. The number of rotatable bonds is 7. The van der Waals surface area contributed by atoms with Crippen LogP contribution >= 0.6 is 0 Å². The lowest BCUT2D eigenvalue weighted by Crippen LogP contribution is -2.38. The highest BCUT2D eigenvalue weighted by Crippen LogP contribution is 2.37. The topological polar surface area (TPSA) is 113 Å². The van der Waals surface area contributed by atoms with E-state index in [1.165, 1.54) is 30.3 Å². The van der Waals surface area contributed by atoms with Gasteiger partial charge in [-0.1, -0.05) is 18.2 Å². The molecular formula is C25H21F3N2O6S. The van der Waals surface area contributed by atoms with Crippen molar-refractivity contribution in [2.45, 2.75) is 17.5 Å². The fourth-order valence-electron chi connectivity index (χ4n) is 3.78. The summed E-state index contributed by atoms with van der Waals surface area (Å²) in [6, 6.07) is 13.9. The third-order valence-corrected chi connectivity index (χ3v) is 7.50. The smallest absolute Gasteiger partial charge is 0.416 e. The molecular weight excluding hydrogens is 513 g/mol. The Morgan fingerprint density at radius 3 is 2.38 bits per heavy atom. The molecule has 0 aromatic heterocycles. The van der Waals surface area contributed by atoms with Crippen LogP contribution in [0.2, 0.25) is 0 Å². The number of hydrogen-bond acceptors (Lipinski definition) is 5. The molecule has 0 saturated heterocycles. The SMILES string of the molecule is O=C(O)c1ccc(CCNC(=O)c2ccc3c(c2)N(S(=O)(=O)c2cccc(C(F)(F)F)c2)CCO3)cc1. The summed E-state index contributed by atoms with van der Waals surface area (Å²) in [6.45, 7) is 0.0610. The second-order valence-electron chi connectivity index (χ2n) is 8.14. The maximum atomic E-state index is 13.3. The molecule has 0 saturated carbocycles. The molecule has 3 aromatic rings. The molecule has 8 nitrogen and oxygen atoms in total. The van der Waals surface area contributed by atoms with Gasteiger partial charge >= 0.3 is 12.1 Å². The van der Waals surface area contributed by atoms with Gasteiger partial charge in [-0.3, -0.25) is 9.10 Å². The third kappa shape index (κ3) is 5.69. The molecule has 0 aliphatic carbocycles. The van der Waals surface area contributed by atoms with Gasteiger partial charge in [0.25, 0.3) is 15.9 Å². The summed E-state index contributed by atoms with van der Waals surface area (Å²) in [7, 11) is -4.38. The van der Waals surface area contributed by atoms with Crippen LogP contribution in [-0.4, -0.2) is 45.1 Å². The molecule has 0 bridgehead atoms. The summed E-state index contributed by atoms with van der Waals surface area (Å²) in [5, 5.41) is 11.7. The number of aromatic carboxylic acids is 1. The first kappa shape index (κ1) is 26.0. The van der Waals surface area contributed by atoms with Crippen molar-refractivity contribution >= 4 is 27.6 Å². The summed E-state index contributed by atoms with van der Waals surface area (Å²) in [4.78, 5) is 23.1. The van der Waals surface area contributed by atoms with Crippen LogP contribution in [0.25, 0.3) is 0 Å². The molecule has 1 aliphatic rings. The largest absolute Gasteiger partial charge is 0.489 e. The average Bonchev–Trinajstić information content (AvgIpc) is 2.87. The number of sulfonamides is 1. The Balaban J connectivity index is 1.52. The number of amides is 1. The zero-order valence-electron chi connectivity index (χ0n) is 19.2. The quantitative estimate of drug-likeness (QED) is 0.475. The summed E-state index contributed by atoms with van der Waals surface area (Å²) in [5.74, 6) is -1.36. The summed E-state index contributed by atoms with van der Waals surface area (Å²) in [6.07, 6.45) is -4.28. The molecule has 37 heavy (non-hydrogen) atoms. The van der Waals surface area contributed by atoms with Crippen LogP contribution in [0.5, 0.6) is 5.75 Å². The van der Waals surface area contributed by atoms with E-state index in [1.807, 2.05) is 0 Å². The van der Waals surface area contributed by atoms with E-state index in [0.29, 0.717) is 12.5 Å². The number of ether oxygens (including phenoxy) is 1. The van der Waals surface area contributed by atoms with Crippen molar-refractivity contribution < 1.29 is 41.0 Å². The van der Waals surface area contributed by atoms with Crippen LogP contribution in [0.3, 0.4) is 0 Å². The Hall–Kier alpha value is -4.06. The van der Waals surface area contributed by atoms with Gasteiger partial charge in [-0.25, -0.2) is 13.2 Å². The predicted molar refractivity (Wildman–Crippen MR) is 127 cm³/mol. The number of hydrogen-bond donors (Lipinski definition) is 2. The summed E-state index contributed by atoms with van der Waals surface area (Å²) >= 11 is 0. The van der Waals surface area contributed by atoms with Gasteiger partial charge in [-0.2, -0.15) is 13.2 Å². The fourth-order valence-corrected chi connectivity index (χ4v) is 5.28. The van der Waals surface area contributed by atoms with Crippen molar-refractivity contribution in [3.8, 4) is 5.75 Å². The van der Waals surface area contributed by atoms with Crippen LogP contribution in [0.4, 0.5) is 18.9 Å². The number of benzene rings is 3. The first-order valence-electron chi connectivity index (χ1n) is 11.0. The number of anilines is 1. The number of alkyl halides is 3. The van der Waals surface area contributed by atoms with E-state index >= 15 is 0 Å². The van der Waals surface area contributed by atoms with E-state index in [-0.39, 0.29) is 42.3 Å². The minimum absolute atomic E-state index is 0.0165. The van der Waals surface area contributed by atoms with Crippen LogP contribution in [0.1, 0.15) is 31.8 Å². The van der Waals surface area contributed by atoms with Gasteiger partial charge in [0.1, 0.15) is 12.4 Å². The number of carboxylic acids is 1. The number of carbonyl (C=O) groups excluding carboxylic acids is 1. The normalized spacial score (nSPS) is 13.4. The first-order valence-corrected chi connectivity index (χ1v) is 12.5. The Morgan fingerprint density at radius 1 is 1.00 bits per heavy atom. The van der Waals surface area contributed by atoms with Crippen molar-refractivity contribution in [2.24, 2.45) is 0 Å². The second kappa shape index (κ2) is 10.1. The highest BCUT2D eigenvalue weighted by molar-refractivity contribution is 7.92. The monoisotopic (exact) mass is 534 g/mol. The van der Waals surface area contributed by atoms with E-state index in [0.717, 1.165) is 28.1 Å². The van der Waals surface area contributed by atoms with Crippen LogP contribution in [0, 0.1) is 0 Å². The first-order chi connectivity index (χ1) is 17.5. The van der Waals surface area contributed by atoms with E-state index in [4.69, 9.17) is 9.84 Å². The van der Waals surface area contributed by atoms with Gasteiger partial charge in [0, 0.05) is 12.1 Å². The Kier molecular flexibility index (Phi) is 7.12. The standard InChI is InChI=1S/C25H21F3N2O6S/c26-25(27,28)19-2-1-3-20(15-19)37(34,35)30-12-13-36-22-9-8-18(14-21(22)30)23(31)29-11-10-16-4-6-17(7-5-16)24(32)33/h1-9,14-15H,10-13H2,(H,29,31)(H,32,33). The molecule has 2 N–H and O–H groups in total.